The zero-order valence-corrected chi connectivity index (χ0v) is 9.76. The van der Waals surface area contributed by atoms with Crippen LogP contribution in [0.4, 0.5) is 0 Å². The lowest BCUT2D eigenvalue weighted by Gasteiger charge is -2.28. The Morgan fingerprint density at radius 1 is 1.53 bits per heavy atom. The molecule has 0 saturated carbocycles. The molecule has 1 saturated heterocycles. The van der Waals surface area contributed by atoms with Gasteiger partial charge in [0.25, 0.3) is 0 Å². The molecular formula is C12H16N2O3. The Morgan fingerprint density at radius 3 is 2.94 bits per heavy atom. The maximum absolute atomic E-state index is 11.3. The number of aromatic nitrogens is 1. The van der Waals surface area contributed by atoms with Crippen molar-refractivity contribution in [1.82, 2.24) is 4.57 Å². The molecule has 2 heterocycles. The van der Waals surface area contributed by atoms with Crippen molar-refractivity contribution in [3.8, 4) is 0 Å². The molecule has 0 bridgehead atoms. The summed E-state index contributed by atoms with van der Waals surface area (Å²) in [6.07, 6.45) is 2.87. The minimum absolute atomic E-state index is 0.0592. The third kappa shape index (κ3) is 2.55. The van der Waals surface area contributed by atoms with E-state index in [1.165, 1.54) is 10.6 Å². The van der Waals surface area contributed by atoms with Crippen LogP contribution in [-0.4, -0.2) is 17.1 Å². The first-order valence-electron chi connectivity index (χ1n) is 5.65. The number of carbonyl (C=O) groups excluding carboxylic acids is 1. The molecule has 1 aliphatic rings. The zero-order chi connectivity index (χ0) is 12.4. The van der Waals surface area contributed by atoms with Gasteiger partial charge in [0.15, 0.2) is 0 Å². The van der Waals surface area contributed by atoms with Crippen LogP contribution in [0, 0.1) is 5.92 Å². The van der Waals surface area contributed by atoms with Crippen LogP contribution in [0.3, 0.4) is 0 Å². The highest BCUT2D eigenvalue weighted by molar-refractivity contribution is 5.76. The topological polar surface area (TPSA) is 74.3 Å². The highest BCUT2D eigenvalue weighted by Crippen LogP contribution is 2.30. The number of rotatable bonds is 2. The van der Waals surface area contributed by atoms with Crippen LogP contribution in [0.15, 0.2) is 23.1 Å². The Hall–Kier alpha value is -1.62. The standard InChI is InChI=1S/C12H16N2O3/c1-14-7-9(2-3-11(14)15)10-6-8(12(13)16)4-5-17-10/h2-3,7-8,10H,4-6H2,1H3,(H2,13,16)/t8-,10+/m0/s1. The first-order valence-corrected chi connectivity index (χ1v) is 5.65. The van der Waals surface area contributed by atoms with Gasteiger partial charge in [-0.05, 0) is 24.5 Å². The number of hydrogen-bond donors (Lipinski definition) is 1. The molecule has 17 heavy (non-hydrogen) atoms. The molecule has 0 unspecified atom stereocenters. The molecule has 0 radical (unpaired) electrons. The molecule has 1 aliphatic heterocycles. The van der Waals surface area contributed by atoms with E-state index in [-0.39, 0.29) is 23.5 Å². The average molecular weight is 236 g/mol. The van der Waals surface area contributed by atoms with Crippen LogP contribution in [0.25, 0.3) is 0 Å². The first kappa shape index (κ1) is 11.9. The second-order valence-corrected chi connectivity index (χ2v) is 4.39. The van der Waals surface area contributed by atoms with Crippen LogP contribution in [0.1, 0.15) is 24.5 Å². The van der Waals surface area contributed by atoms with E-state index in [2.05, 4.69) is 0 Å². The van der Waals surface area contributed by atoms with Crippen molar-refractivity contribution < 1.29 is 9.53 Å². The van der Waals surface area contributed by atoms with E-state index >= 15 is 0 Å². The predicted octanol–water partition coefficient (Wildman–Crippen LogP) is 0.338. The quantitative estimate of drug-likeness (QED) is 0.804. The van der Waals surface area contributed by atoms with Crippen LogP contribution < -0.4 is 11.3 Å². The molecule has 2 rings (SSSR count). The highest BCUT2D eigenvalue weighted by atomic mass is 16.5. The van der Waals surface area contributed by atoms with E-state index in [4.69, 9.17) is 10.5 Å². The number of amides is 1. The fraction of sp³-hybridized carbons (Fsp3) is 0.500. The average Bonchev–Trinajstić information content (AvgIpc) is 2.33. The molecule has 2 atom stereocenters. The molecule has 0 aliphatic carbocycles. The summed E-state index contributed by atoms with van der Waals surface area (Å²) in [5.74, 6) is -0.408. The number of ether oxygens (including phenoxy) is 1. The third-order valence-corrected chi connectivity index (χ3v) is 3.17. The molecule has 5 nitrogen and oxygen atoms in total. The summed E-state index contributed by atoms with van der Waals surface area (Å²) in [4.78, 5) is 22.4. The van der Waals surface area contributed by atoms with E-state index in [1.54, 1.807) is 19.3 Å². The zero-order valence-electron chi connectivity index (χ0n) is 9.76. The van der Waals surface area contributed by atoms with Gasteiger partial charge in [0, 0.05) is 31.8 Å². The lowest BCUT2D eigenvalue weighted by atomic mass is 9.92. The van der Waals surface area contributed by atoms with E-state index in [1.807, 2.05) is 0 Å². The lowest BCUT2D eigenvalue weighted by Crippen LogP contribution is -2.31. The molecule has 1 fully saturated rings. The lowest BCUT2D eigenvalue weighted by molar-refractivity contribution is -0.126. The number of nitrogens with zero attached hydrogens (tertiary/aromatic N) is 1. The van der Waals surface area contributed by atoms with Crippen LogP contribution in [0.5, 0.6) is 0 Å². The van der Waals surface area contributed by atoms with Gasteiger partial charge in [-0.1, -0.05) is 0 Å². The summed E-state index contributed by atoms with van der Waals surface area (Å²) in [6.45, 7) is 0.529. The van der Waals surface area contributed by atoms with Crippen LogP contribution in [-0.2, 0) is 16.6 Å². The summed E-state index contributed by atoms with van der Waals surface area (Å²) in [7, 11) is 1.69. The Labute approximate surface area is 99.2 Å². The Kier molecular flexibility index (Phi) is 3.28. The van der Waals surface area contributed by atoms with Crippen molar-refractivity contribution in [2.45, 2.75) is 18.9 Å². The molecule has 5 heteroatoms. The van der Waals surface area contributed by atoms with Crippen LogP contribution >= 0.6 is 0 Å². The number of nitrogens with two attached hydrogens (primary N) is 1. The van der Waals surface area contributed by atoms with Gasteiger partial charge in [0.2, 0.25) is 11.5 Å². The Balaban J connectivity index is 2.19. The van der Waals surface area contributed by atoms with E-state index < -0.39 is 0 Å². The van der Waals surface area contributed by atoms with E-state index in [0.717, 1.165) is 5.56 Å². The Morgan fingerprint density at radius 2 is 2.29 bits per heavy atom. The number of carbonyl (C=O) groups is 1. The largest absolute Gasteiger partial charge is 0.373 e. The van der Waals surface area contributed by atoms with Gasteiger partial charge in [-0.2, -0.15) is 0 Å². The maximum Gasteiger partial charge on any atom is 0.250 e. The minimum atomic E-state index is -0.275. The number of primary amides is 1. The monoisotopic (exact) mass is 236 g/mol. The molecule has 1 amide bonds. The molecule has 1 aromatic heterocycles. The first-order chi connectivity index (χ1) is 8.08. The fourth-order valence-corrected chi connectivity index (χ4v) is 2.09. The molecule has 0 aromatic carbocycles. The molecule has 92 valence electrons. The smallest absolute Gasteiger partial charge is 0.250 e. The summed E-state index contributed by atoms with van der Waals surface area (Å²) < 4.78 is 7.12. The van der Waals surface area contributed by atoms with Crippen molar-refractivity contribution in [3.63, 3.8) is 0 Å². The summed E-state index contributed by atoms with van der Waals surface area (Å²) in [5.41, 5.74) is 6.17. The van der Waals surface area contributed by atoms with Gasteiger partial charge in [-0.25, -0.2) is 0 Å². The fourth-order valence-electron chi connectivity index (χ4n) is 2.09. The summed E-state index contributed by atoms with van der Waals surface area (Å²) in [6, 6.07) is 3.25. The van der Waals surface area contributed by atoms with Gasteiger partial charge in [-0.15, -0.1) is 0 Å². The van der Waals surface area contributed by atoms with E-state index in [9.17, 15) is 9.59 Å². The van der Waals surface area contributed by atoms with Crippen molar-refractivity contribution in [2.24, 2.45) is 18.7 Å². The normalized spacial score (nSPS) is 24.5. The second kappa shape index (κ2) is 4.71. The SMILES string of the molecule is Cn1cc([C@H]2C[C@@H](C(N)=O)CCO2)ccc1=O. The van der Waals surface area contributed by atoms with Crippen molar-refractivity contribution >= 4 is 5.91 Å². The van der Waals surface area contributed by atoms with Gasteiger partial charge in [-0.3, -0.25) is 9.59 Å². The predicted molar refractivity (Wildman–Crippen MR) is 62.3 cm³/mol. The van der Waals surface area contributed by atoms with Gasteiger partial charge >= 0.3 is 0 Å². The Bertz CT molecular complexity index is 481. The number of pyridine rings is 1. The molecular weight excluding hydrogens is 220 g/mol. The summed E-state index contributed by atoms with van der Waals surface area (Å²) >= 11 is 0. The second-order valence-electron chi connectivity index (χ2n) is 4.39. The molecule has 0 spiro atoms. The van der Waals surface area contributed by atoms with Crippen LogP contribution in [0.2, 0.25) is 0 Å². The minimum Gasteiger partial charge on any atom is -0.373 e. The van der Waals surface area contributed by atoms with Crippen molar-refractivity contribution in [1.29, 1.82) is 0 Å². The third-order valence-electron chi connectivity index (χ3n) is 3.17. The maximum atomic E-state index is 11.3. The highest BCUT2D eigenvalue weighted by Gasteiger charge is 2.27. The number of aryl methyl sites for hydroxylation is 1. The van der Waals surface area contributed by atoms with Crippen molar-refractivity contribution in [2.75, 3.05) is 6.61 Å². The van der Waals surface area contributed by atoms with E-state index in [0.29, 0.717) is 19.4 Å². The molecule has 2 N–H and O–H groups in total. The number of hydrogen-bond acceptors (Lipinski definition) is 3. The molecule has 1 aromatic rings. The van der Waals surface area contributed by atoms with Gasteiger partial charge in [0.05, 0.1) is 6.10 Å². The van der Waals surface area contributed by atoms with Crippen molar-refractivity contribution in [3.05, 3.63) is 34.2 Å². The summed E-state index contributed by atoms with van der Waals surface area (Å²) in [5, 5.41) is 0. The van der Waals surface area contributed by atoms with Gasteiger partial charge in [0.1, 0.15) is 0 Å². The van der Waals surface area contributed by atoms with Gasteiger partial charge < -0.3 is 15.0 Å².